The molecule has 0 radical (unpaired) electrons. The van der Waals surface area contributed by atoms with E-state index < -0.39 is 24.6 Å². The summed E-state index contributed by atoms with van der Waals surface area (Å²) >= 11 is 1.47. The third-order valence-corrected chi connectivity index (χ3v) is 6.00. The van der Waals surface area contributed by atoms with E-state index in [-0.39, 0.29) is 18.5 Å². The second-order valence-electron chi connectivity index (χ2n) is 7.11. The van der Waals surface area contributed by atoms with E-state index in [9.17, 15) is 19.5 Å². The van der Waals surface area contributed by atoms with E-state index in [1.54, 1.807) is 19.1 Å². The summed E-state index contributed by atoms with van der Waals surface area (Å²) in [7, 11) is 0. The van der Waals surface area contributed by atoms with Gasteiger partial charge in [-0.15, -0.1) is 11.8 Å². The topological polar surface area (TPSA) is 122 Å². The Bertz CT molecular complexity index is 730. The van der Waals surface area contributed by atoms with Gasteiger partial charge in [0.2, 0.25) is 5.91 Å². The second-order valence-corrected chi connectivity index (χ2v) is 8.17. The van der Waals surface area contributed by atoms with Gasteiger partial charge >= 0.3 is 11.9 Å². The molecule has 1 aromatic carbocycles. The molecular weight excluding hydrogens is 406 g/mol. The molecule has 4 N–H and O–H groups in total. The molecule has 1 amide bonds. The third-order valence-electron chi connectivity index (χ3n) is 4.84. The van der Waals surface area contributed by atoms with Gasteiger partial charge in [0.1, 0.15) is 12.6 Å². The van der Waals surface area contributed by atoms with E-state index >= 15 is 0 Å². The van der Waals surface area contributed by atoms with E-state index in [1.807, 2.05) is 12.1 Å². The highest BCUT2D eigenvalue weighted by atomic mass is 32.2. The van der Waals surface area contributed by atoms with Crippen LogP contribution in [0, 0.1) is 0 Å². The zero-order valence-corrected chi connectivity index (χ0v) is 18.2. The van der Waals surface area contributed by atoms with Gasteiger partial charge in [-0.05, 0) is 38.4 Å². The van der Waals surface area contributed by atoms with Gasteiger partial charge in [-0.2, -0.15) is 0 Å². The number of nitrogens with one attached hydrogen (secondary N) is 1. The minimum atomic E-state index is -1.09. The number of carbonyl (C=O) groups is 3. The summed E-state index contributed by atoms with van der Waals surface area (Å²) in [6, 6.07) is 5.92. The van der Waals surface area contributed by atoms with E-state index in [4.69, 9.17) is 10.5 Å². The molecule has 0 aliphatic carbocycles. The minimum Gasteiger partial charge on any atom is -0.480 e. The number of hydrogen-bond acceptors (Lipinski definition) is 7. The molecule has 0 spiro atoms. The lowest BCUT2D eigenvalue weighted by Gasteiger charge is -2.27. The molecule has 0 aromatic heterocycles. The maximum Gasteiger partial charge on any atom is 0.323 e. The van der Waals surface area contributed by atoms with Crippen LogP contribution in [0.1, 0.15) is 39.0 Å². The first-order chi connectivity index (χ1) is 14.5. The van der Waals surface area contributed by atoms with Crippen molar-refractivity contribution < 1.29 is 24.2 Å². The van der Waals surface area contributed by atoms with E-state index in [2.05, 4.69) is 5.32 Å². The van der Waals surface area contributed by atoms with Gasteiger partial charge in [0, 0.05) is 10.6 Å². The van der Waals surface area contributed by atoms with Crippen LogP contribution < -0.4 is 16.0 Å². The summed E-state index contributed by atoms with van der Waals surface area (Å²) in [5.41, 5.74) is 6.10. The molecular formula is C21H31N3O5S. The zero-order chi connectivity index (χ0) is 21.9. The number of rotatable bonds is 12. The Labute approximate surface area is 181 Å². The molecule has 0 unspecified atom stereocenters. The van der Waals surface area contributed by atoms with Crippen LogP contribution in [0.4, 0.5) is 5.69 Å². The van der Waals surface area contributed by atoms with Crippen LogP contribution in [0.5, 0.6) is 0 Å². The van der Waals surface area contributed by atoms with Crippen molar-refractivity contribution in [2.24, 2.45) is 5.73 Å². The van der Waals surface area contributed by atoms with Crippen molar-refractivity contribution in [3.8, 4) is 0 Å². The highest BCUT2D eigenvalue weighted by molar-refractivity contribution is 7.99. The first-order valence-corrected chi connectivity index (χ1v) is 11.3. The highest BCUT2D eigenvalue weighted by Gasteiger charge is 2.34. The number of nitrogens with two attached hydrogens (primary N) is 1. The van der Waals surface area contributed by atoms with Crippen LogP contribution in [0.25, 0.3) is 0 Å². The predicted molar refractivity (Wildman–Crippen MR) is 117 cm³/mol. The van der Waals surface area contributed by atoms with Crippen molar-refractivity contribution in [2.45, 2.75) is 56.0 Å². The Morgan fingerprint density at radius 2 is 2.03 bits per heavy atom. The third kappa shape index (κ3) is 7.00. The van der Waals surface area contributed by atoms with Crippen molar-refractivity contribution in [3.63, 3.8) is 0 Å². The molecule has 0 saturated heterocycles. The minimum absolute atomic E-state index is 0.258. The quantitative estimate of drug-likeness (QED) is 0.335. The fraction of sp³-hybridized carbons (Fsp3) is 0.571. The zero-order valence-electron chi connectivity index (χ0n) is 17.3. The summed E-state index contributed by atoms with van der Waals surface area (Å²) in [5.74, 6) is -1.44. The first kappa shape index (κ1) is 24.2. The SMILES string of the molecule is CCOC(=O)[C@H](CCCCCCN)N[C@H]1CSc2ccccc2N(CC(=O)O)C1=O. The number of carboxylic acid groups (broad SMARTS) is 1. The van der Waals surface area contributed by atoms with Crippen molar-refractivity contribution in [1.29, 1.82) is 0 Å². The average molecular weight is 438 g/mol. The van der Waals surface area contributed by atoms with Gasteiger partial charge in [-0.1, -0.05) is 31.4 Å². The van der Waals surface area contributed by atoms with Crippen LogP contribution in [-0.4, -0.2) is 60.5 Å². The van der Waals surface area contributed by atoms with Crippen molar-refractivity contribution in [1.82, 2.24) is 5.32 Å². The van der Waals surface area contributed by atoms with Gasteiger partial charge in [0.15, 0.2) is 0 Å². The molecule has 1 aromatic rings. The number of para-hydroxylation sites is 1. The summed E-state index contributed by atoms with van der Waals surface area (Å²) in [4.78, 5) is 39.2. The van der Waals surface area contributed by atoms with Crippen molar-refractivity contribution in [3.05, 3.63) is 24.3 Å². The van der Waals surface area contributed by atoms with E-state index in [0.717, 1.165) is 30.6 Å². The predicted octanol–water partition coefficient (Wildman–Crippen LogP) is 2.01. The molecule has 9 heteroatoms. The number of amides is 1. The number of aliphatic carboxylic acids is 1. The number of carboxylic acids is 1. The number of unbranched alkanes of at least 4 members (excludes halogenated alkanes) is 3. The largest absolute Gasteiger partial charge is 0.480 e. The molecule has 1 aliphatic rings. The number of hydrogen-bond donors (Lipinski definition) is 3. The number of esters is 1. The Balaban J connectivity index is 2.14. The standard InChI is InChI=1S/C21H31N3O5S/c1-2-29-21(28)15(9-5-3-4-8-12-22)23-16-14-30-18-11-7-6-10-17(18)24(20(16)27)13-19(25)26/h6-7,10-11,15-16,23H,2-5,8-9,12-14,22H2,1H3,(H,25,26)/t15-,16-/m0/s1. The fourth-order valence-electron chi connectivity index (χ4n) is 3.37. The van der Waals surface area contributed by atoms with Crippen molar-refractivity contribution in [2.75, 3.05) is 30.3 Å². The molecule has 0 bridgehead atoms. The maximum absolute atomic E-state index is 13.2. The van der Waals surface area contributed by atoms with Crippen LogP contribution in [0.2, 0.25) is 0 Å². The van der Waals surface area contributed by atoms with Gasteiger partial charge in [-0.3, -0.25) is 24.6 Å². The summed E-state index contributed by atoms with van der Waals surface area (Å²) in [6.07, 6.45) is 4.23. The normalized spacial score (nSPS) is 17.2. The van der Waals surface area contributed by atoms with E-state index in [1.165, 1.54) is 16.7 Å². The van der Waals surface area contributed by atoms with Crippen LogP contribution >= 0.6 is 11.8 Å². The Hall–Kier alpha value is -2.10. The molecule has 0 saturated carbocycles. The molecule has 2 atom stereocenters. The molecule has 0 fully saturated rings. The molecule has 30 heavy (non-hydrogen) atoms. The lowest BCUT2D eigenvalue weighted by Crippen LogP contribution is -2.54. The molecule has 1 heterocycles. The Kier molecular flexibility index (Phi) is 10.1. The maximum atomic E-state index is 13.2. The van der Waals surface area contributed by atoms with Crippen molar-refractivity contribution >= 4 is 35.3 Å². The lowest BCUT2D eigenvalue weighted by atomic mass is 10.1. The molecule has 8 nitrogen and oxygen atoms in total. The second kappa shape index (κ2) is 12.6. The number of anilines is 1. The van der Waals surface area contributed by atoms with Gasteiger partial charge in [0.05, 0.1) is 18.3 Å². The highest BCUT2D eigenvalue weighted by Crippen LogP contribution is 2.34. The Morgan fingerprint density at radius 3 is 2.73 bits per heavy atom. The molecule has 166 valence electrons. The summed E-state index contributed by atoms with van der Waals surface area (Å²) < 4.78 is 5.20. The van der Waals surface area contributed by atoms with Gasteiger partial charge in [0.25, 0.3) is 0 Å². The monoisotopic (exact) mass is 437 g/mol. The summed E-state index contributed by atoms with van der Waals surface area (Å²) in [6.45, 7) is 2.22. The molecule has 1 aliphatic heterocycles. The number of carbonyl (C=O) groups excluding carboxylic acids is 2. The Morgan fingerprint density at radius 1 is 1.30 bits per heavy atom. The number of benzene rings is 1. The lowest BCUT2D eigenvalue weighted by molar-refractivity contribution is -0.146. The smallest absolute Gasteiger partial charge is 0.323 e. The summed E-state index contributed by atoms with van der Waals surface area (Å²) in [5, 5.41) is 12.5. The van der Waals surface area contributed by atoms with E-state index in [0.29, 0.717) is 24.4 Å². The van der Waals surface area contributed by atoms with Crippen LogP contribution in [-0.2, 0) is 19.1 Å². The average Bonchev–Trinajstić information content (AvgIpc) is 2.84. The van der Waals surface area contributed by atoms with Crippen LogP contribution in [0.3, 0.4) is 0 Å². The van der Waals surface area contributed by atoms with Crippen LogP contribution in [0.15, 0.2) is 29.2 Å². The number of nitrogens with zero attached hydrogens (tertiary/aromatic N) is 1. The number of thioether (sulfide) groups is 1. The number of ether oxygens (including phenoxy) is 1. The fourth-order valence-corrected chi connectivity index (χ4v) is 4.46. The number of fused-ring (bicyclic) bond motifs is 1. The van der Waals surface area contributed by atoms with Gasteiger partial charge in [-0.25, -0.2) is 0 Å². The van der Waals surface area contributed by atoms with Gasteiger partial charge < -0.3 is 15.6 Å². The first-order valence-electron chi connectivity index (χ1n) is 10.4. The molecule has 2 rings (SSSR count).